The molecule has 1 saturated carbocycles. The van der Waals surface area contributed by atoms with Gasteiger partial charge in [0.05, 0.1) is 0 Å². The molecule has 0 aromatic heterocycles. The van der Waals surface area contributed by atoms with Gasteiger partial charge >= 0.3 is 0 Å². The minimum Gasteiger partial charge on any atom is -0.369 e. The number of hydrogen-bond donors (Lipinski definition) is 1. The Morgan fingerprint density at radius 3 is 2.61 bits per heavy atom. The van der Waals surface area contributed by atoms with Crippen LogP contribution in [-0.4, -0.2) is 12.6 Å². The van der Waals surface area contributed by atoms with Crippen molar-refractivity contribution < 1.29 is 0 Å². The van der Waals surface area contributed by atoms with Crippen LogP contribution < -0.4 is 10.6 Å². The molecule has 1 fully saturated rings. The van der Waals surface area contributed by atoms with Crippen LogP contribution in [0.4, 0.5) is 5.69 Å². The quantitative estimate of drug-likeness (QED) is 0.901. The molecule has 0 bridgehead atoms. The fourth-order valence-electron chi connectivity index (χ4n) is 2.99. The number of nitrogens with two attached hydrogens (primary N) is 1. The number of benzene rings is 1. The van der Waals surface area contributed by atoms with E-state index in [9.17, 15) is 0 Å². The van der Waals surface area contributed by atoms with E-state index in [1.165, 1.54) is 36.9 Å². The monoisotopic (exact) mass is 310 g/mol. The van der Waals surface area contributed by atoms with Gasteiger partial charge in [0.25, 0.3) is 0 Å². The topological polar surface area (TPSA) is 29.3 Å². The lowest BCUT2D eigenvalue weighted by molar-refractivity contribution is 0.614. The van der Waals surface area contributed by atoms with Crippen LogP contribution in [0.25, 0.3) is 0 Å². The van der Waals surface area contributed by atoms with Gasteiger partial charge in [-0.15, -0.1) is 0 Å². The minimum absolute atomic E-state index is 0.0866. The molecule has 0 spiro atoms. The van der Waals surface area contributed by atoms with Crippen LogP contribution in [0.3, 0.4) is 0 Å². The Hall–Kier alpha value is -0.540. The highest BCUT2D eigenvalue weighted by atomic mass is 79.9. The summed E-state index contributed by atoms with van der Waals surface area (Å²) in [7, 11) is 0. The van der Waals surface area contributed by atoms with Crippen LogP contribution in [0, 0.1) is 0 Å². The van der Waals surface area contributed by atoms with E-state index in [-0.39, 0.29) is 6.04 Å². The van der Waals surface area contributed by atoms with Gasteiger partial charge in [-0.3, -0.25) is 0 Å². The number of nitrogens with zero attached hydrogens (tertiary/aromatic N) is 1. The van der Waals surface area contributed by atoms with Gasteiger partial charge in [-0.2, -0.15) is 0 Å². The number of anilines is 1. The predicted octanol–water partition coefficient (Wildman–Crippen LogP) is 4.24. The Balaban J connectivity index is 2.36. The summed E-state index contributed by atoms with van der Waals surface area (Å²) >= 11 is 3.58. The lowest BCUT2D eigenvalue weighted by atomic mass is 10.0. The van der Waals surface area contributed by atoms with Gasteiger partial charge in [0.2, 0.25) is 0 Å². The van der Waals surface area contributed by atoms with Gasteiger partial charge in [-0.25, -0.2) is 0 Å². The molecule has 2 nitrogen and oxygen atoms in total. The van der Waals surface area contributed by atoms with E-state index in [1.807, 2.05) is 0 Å². The highest BCUT2D eigenvalue weighted by Gasteiger charge is 2.24. The second-order valence-corrected chi connectivity index (χ2v) is 6.13. The Kier molecular flexibility index (Phi) is 4.68. The normalized spacial score (nSPS) is 18.0. The van der Waals surface area contributed by atoms with Crippen LogP contribution in [-0.2, 0) is 0 Å². The van der Waals surface area contributed by atoms with Crippen molar-refractivity contribution in [1.82, 2.24) is 0 Å². The molecular formula is C15H23BrN2. The van der Waals surface area contributed by atoms with Crippen molar-refractivity contribution in [2.45, 2.75) is 51.6 Å². The van der Waals surface area contributed by atoms with Gasteiger partial charge in [0.15, 0.2) is 0 Å². The standard InChI is InChI=1S/C15H23BrN2/c1-3-18(13-6-4-5-7-13)15-10-12(16)8-9-14(15)11(2)17/h8-11,13H,3-7,17H2,1-2H3. The first-order valence-electron chi connectivity index (χ1n) is 6.95. The maximum Gasteiger partial charge on any atom is 0.0428 e. The molecule has 0 amide bonds. The molecule has 0 aliphatic heterocycles. The molecule has 1 aromatic rings. The molecule has 2 N–H and O–H groups in total. The van der Waals surface area contributed by atoms with E-state index in [2.05, 4.69) is 52.9 Å². The first kappa shape index (κ1) is 13.9. The average Bonchev–Trinajstić information content (AvgIpc) is 2.83. The molecule has 0 heterocycles. The molecule has 18 heavy (non-hydrogen) atoms. The van der Waals surface area contributed by atoms with E-state index in [4.69, 9.17) is 5.73 Å². The van der Waals surface area contributed by atoms with E-state index in [0.29, 0.717) is 6.04 Å². The summed E-state index contributed by atoms with van der Waals surface area (Å²) in [6.07, 6.45) is 5.36. The number of hydrogen-bond acceptors (Lipinski definition) is 2. The first-order chi connectivity index (χ1) is 8.63. The summed E-state index contributed by atoms with van der Waals surface area (Å²) in [6, 6.07) is 7.25. The van der Waals surface area contributed by atoms with Crippen LogP contribution in [0.2, 0.25) is 0 Å². The number of rotatable bonds is 4. The molecule has 1 unspecified atom stereocenters. The Bertz CT molecular complexity index is 397. The summed E-state index contributed by atoms with van der Waals surface area (Å²) in [5.74, 6) is 0. The zero-order chi connectivity index (χ0) is 13.1. The Morgan fingerprint density at radius 2 is 2.06 bits per heavy atom. The SMILES string of the molecule is CCN(c1cc(Br)ccc1C(C)N)C1CCCC1. The second kappa shape index (κ2) is 6.07. The van der Waals surface area contributed by atoms with Crippen molar-refractivity contribution in [3.8, 4) is 0 Å². The van der Waals surface area contributed by atoms with E-state index in [0.717, 1.165) is 11.0 Å². The average molecular weight is 311 g/mol. The van der Waals surface area contributed by atoms with E-state index < -0.39 is 0 Å². The lowest BCUT2D eigenvalue weighted by Crippen LogP contribution is -2.34. The Labute approximate surface area is 119 Å². The molecule has 1 aliphatic rings. The molecule has 100 valence electrons. The zero-order valence-electron chi connectivity index (χ0n) is 11.3. The summed E-state index contributed by atoms with van der Waals surface area (Å²) < 4.78 is 1.14. The van der Waals surface area contributed by atoms with Gasteiger partial charge in [-0.05, 0) is 44.4 Å². The van der Waals surface area contributed by atoms with E-state index in [1.54, 1.807) is 0 Å². The molecule has 3 heteroatoms. The first-order valence-corrected chi connectivity index (χ1v) is 7.74. The van der Waals surface area contributed by atoms with Gasteiger partial charge in [-0.1, -0.05) is 34.8 Å². The van der Waals surface area contributed by atoms with Gasteiger partial charge in [0.1, 0.15) is 0 Å². The number of halogens is 1. The molecule has 1 atom stereocenters. The van der Waals surface area contributed by atoms with Crippen molar-refractivity contribution in [3.63, 3.8) is 0 Å². The molecule has 1 aromatic carbocycles. The molecule has 1 aliphatic carbocycles. The van der Waals surface area contributed by atoms with E-state index >= 15 is 0 Å². The van der Waals surface area contributed by atoms with Crippen molar-refractivity contribution in [3.05, 3.63) is 28.2 Å². The largest absolute Gasteiger partial charge is 0.369 e. The second-order valence-electron chi connectivity index (χ2n) is 5.22. The van der Waals surface area contributed by atoms with Crippen LogP contribution >= 0.6 is 15.9 Å². The third-order valence-electron chi connectivity index (χ3n) is 3.90. The summed E-state index contributed by atoms with van der Waals surface area (Å²) in [5.41, 5.74) is 8.68. The van der Waals surface area contributed by atoms with Crippen molar-refractivity contribution >= 4 is 21.6 Å². The highest BCUT2D eigenvalue weighted by molar-refractivity contribution is 9.10. The molecular weight excluding hydrogens is 288 g/mol. The van der Waals surface area contributed by atoms with Crippen LogP contribution in [0.15, 0.2) is 22.7 Å². The third-order valence-corrected chi connectivity index (χ3v) is 4.39. The Morgan fingerprint density at radius 1 is 1.39 bits per heavy atom. The maximum atomic E-state index is 6.11. The van der Waals surface area contributed by atoms with Gasteiger partial charge < -0.3 is 10.6 Å². The van der Waals surface area contributed by atoms with Crippen LogP contribution in [0.5, 0.6) is 0 Å². The smallest absolute Gasteiger partial charge is 0.0428 e. The van der Waals surface area contributed by atoms with Crippen molar-refractivity contribution in [1.29, 1.82) is 0 Å². The lowest BCUT2D eigenvalue weighted by Gasteiger charge is -2.32. The van der Waals surface area contributed by atoms with Gasteiger partial charge in [0, 0.05) is 28.8 Å². The highest BCUT2D eigenvalue weighted by Crippen LogP contribution is 2.34. The maximum absolute atomic E-state index is 6.11. The predicted molar refractivity (Wildman–Crippen MR) is 82.0 cm³/mol. The third kappa shape index (κ3) is 2.89. The molecule has 2 rings (SSSR count). The summed E-state index contributed by atoms with van der Waals surface area (Å²) in [5, 5.41) is 0. The summed E-state index contributed by atoms with van der Waals surface area (Å²) in [6.45, 7) is 5.36. The van der Waals surface area contributed by atoms with Crippen LogP contribution in [0.1, 0.15) is 51.1 Å². The zero-order valence-corrected chi connectivity index (χ0v) is 12.9. The molecule has 0 radical (unpaired) electrons. The van der Waals surface area contributed by atoms with Crippen molar-refractivity contribution in [2.24, 2.45) is 5.73 Å². The molecule has 0 saturated heterocycles. The minimum atomic E-state index is 0.0866. The summed E-state index contributed by atoms with van der Waals surface area (Å²) in [4.78, 5) is 2.54. The van der Waals surface area contributed by atoms with Crippen molar-refractivity contribution in [2.75, 3.05) is 11.4 Å². The fourth-order valence-corrected chi connectivity index (χ4v) is 3.34. The fraction of sp³-hybridized carbons (Fsp3) is 0.600.